The maximum atomic E-state index is 13.0. The Bertz CT molecular complexity index is 1080. The van der Waals surface area contributed by atoms with Gasteiger partial charge in [0.15, 0.2) is 8.32 Å². The lowest BCUT2D eigenvalue weighted by atomic mass is 10.0. The molecule has 0 fully saturated rings. The molecule has 0 aliphatic heterocycles. The van der Waals surface area contributed by atoms with Gasteiger partial charge < -0.3 is 18.7 Å². The molecule has 172 valence electrons. The highest BCUT2D eigenvalue weighted by Crippen LogP contribution is 2.37. The molecule has 0 amide bonds. The number of nitrogens with zero attached hydrogens (tertiary/aromatic N) is 1. The van der Waals surface area contributed by atoms with Crippen LogP contribution in [0.1, 0.15) is 57.9 Å². The van der Waals surface area contributed by atoms with Crippen LogP contribution in [-0.4, -0.2) is 37.1 Å². The largest absolute Gasteiger partial charge is 0.462 e. The summed E-state index contributed by atoms with van der Waals surface area (Å²) in [5.74, 6) is -0.573. The highest BCUT2D eigenvalue weighted by molar-refractivity contribution is 9.10. The van der Waals surface area contributed by atoms with Crippen LogP contribution in [-0.2, 0) is 9.16 Å². The van der Waals surface area contributed by atoms with Crippen molar-refractivity contribution in [2.75, 3.05) is 13.2 Å². The molecule has 7 nitrogen and oxygen atoms in total. The standard InChI is InChI=1S/C22H33BrN2O5Si/c1-9-29-21(28)15-11-25(19-14(18(15)26)10-16(23)20(27)24-19)17(13(2)3)12-30-31(7,8)22(4,5)6/h10-11,13,17H,9,12H2,1-8H3,(H,24,27). The molecule has 2 heterocycles. The third-order valence-electron chi connectivity index (χ3n) is 6.03. The first-order valence-electron chi connectivity index (χ1n) is 10.5. The lowest BCUT2D eigenvalue weighted by Crippen LogP contribution is -2.42. The van der Waals surface area contributed by atoms with Gasteiger partial charge in [0.2, 0.25) is 5.43 Å². The van der Waals surface area contributed by atoms with Crippen LogP contribution in [0.2, 0.25) is 18.1 Å². The average molecular weight is 514 g/mol. The van der Waals surface area contributed by atoms with Crippen molar-refractivity contribution in [1.82, 2.24) is 9.55 Å². The fourth-order valence-corrected chi connectivity index (χ4v) is 4.35. The number of nitrogens with one attached hydrogen (secondary N) is 1. The first kappa shape index (κ1) is 25.5. The van der Waals surface area contributed by atoms with E-state index in [4.69, 9.17) is 9.16 Å². The Labute approximate surface area is 192 Å². The monoisotopic (exact) mass is 512 g/mol. The summed E-state index contributed by atoms with van der Waals surface area (Å²) < 4.78 is 13.6. The zero-order valence-corrected chi connectivity index (χ0v) is 22.2. The van der Waals surface area contributed by atoms with Crippen LogP contribution in [0, 0.1) is 5.92 Å². The number of carbonyl (C=O) groups excluding carboxylic acids is 1. The maximum Gasteiger partial charge on any atom is 0.343 e. The molecule has 1 N–H and O–H groups in total. The predicted molar refractivity (Wildman–Crippen MR) is 130 cm³/mol. The number of fused-ring (bicyclic) bond motifs is 1. The van der Waals surface area contributed by atoms with Crippen LogP contribution in [0.5, 0.6) is 0 Å². The number of aromatic nitrogens is 2. The Morgan fingerprint density at radius 2 is 1.87 bits per heavy atom. The Balaban J connectivity index is 2.72. The van der Waals surface area contributed by atoms with E-state index < -0.39 is 19.7 Å². The molecule has 0 spiro atoms. The summed E-state index contributed by atoms with van der Waals surface area (Å²) >= 11 is 3.18. The molecule has 9 heteroatoms. The van der Waals surface area contributed by atoms with Gasteiger partial charge in [0.1, 0.15) is 11.2 Å². The summed E-state index contributed by atoms with van der Waals surface area (Å²) in [6, 6.07) is 1.25. The minimum atomic E-state index is -2.04. The van der Waals surface area contributed by atoms with Gasteiger partial charge in [0.05, 0.1) is 29.1 Å². The molecule has 0 aliphatic carbocycles. The molecule has 0 bridgehead atoms. The van der Waals surface area contributed by atoms with Crippen molar-refractivity contribution >= 4 is 41.3 Å². The second-order valence-electron chi connectivity index (χ2n) is 9.59. The van der Waals surface area contributed by atoms with Gasteiger partial charge in [-0.25, -0.2) is 4.79 Å². The molecular formula is C22H33BrN2O5Si. The van der Waals surface area contributed by atoms with Crippen molar-refractivity contribution in [3.63, 3.8) is 0 Å². The summed E-state index contributed by atoms with van der Waals surface area (Å²) in [6.45, 7) is 17.2. The van der Waals surface area contributed by atoms with E-state index >= 15 is 0 Å². The van der Waals surface area contributed by atoms with Gasteiger partial charge in [-0.3, -0.25) is 9.59 Å². The van der Waals surface area contributed by atoms with Gasteiger partial charge in [-0.1, -0.05) is 34.6 Å². The number of esters is 1. The van der Waals surface area contributed by atoms with Crippen LogP contribution < -0.4 is 11.0 Å². The van der Waals surface area contributed by atoms with Gasteiger partial charge in [0.25, 0.3) is 5.56 Å². The van der Waals surface area contributed by atoms with Crippen molar-refractivity contribution in [2.45, 2.75) is 65.7 Å². The predicted octanol–water partition coefficient (Wildman–Crippen LogP) is 4.85. The van der Waals surface area contributed by atoms with Crippen molar-refractivity contribution < 1.29 is 14.0 Å². The Morgan fingerprint density at radius 3 is 2.39 bits per heavy atom. The molecule has 0 saturated carbocycles. The van der Waals surface area contributed by atoms with Crippen molar-refractivity contribution in [2.24, 2.45) is 5.92 Å². The topological polar surface area (TPSA) is 90.4 Å². The molecule has 1 atom stereocenters. The first-order chi connectivity index (χ1) is 14.2. The third kappa shape index (κ3) is 5.38. The van der Waals surface area contributed by atoms with E-state index in [0.717, 1.165) is 0 Å². The van der Waals surface area contributed by atoms with Gasteiger partial charge >= 0.3 is 5.97 Å². The SMILES string of the molecule is CCOC(=O)c1cn(C(CO[Si](C)(C)C(C)(C)C)C(C)C)c2[nH]c(=O)c(Br)cc2c1=O. The summed E-state index contributed by atoms with van der Waals surface area (Å²) in [4.78, 5) is 40.6. The van der Waals surface area contributed by atoms with Gasteiger partial charge in [-0.05, 0) is 53.0 Å². The van der Waals surface area contributed by atoms with E-state index in [-0.39, 0.29) is 44.6 Å². The fraction of sp³-hybridized carbons (Fsp3) is 0.591. The summed E-state index contributed by atoms with van der Waals surface area (Å²) in [7, 11) is -2.04. The average Bonchev–Trinajstić information content (AvgIpc) is 2.64. The second-order valence-corrected chi connectivity index (χ2v) is 15.3. The van der Waals surface area contributed by atoms with Crippen LogP contribution in [0.15, 0.2) is 26.3 Å². The number of pyridine rings is 2. The molecule has 2 rings (SSSR count). The second kappa shape index (κ2) is 9.42. The lowest BCUT2D eigenvalue weighted by molar-refractivity contribution is 0.0523. The van der Waals surface area contributed by atoms with Gasteiger partial charge in [0, 0.05) is 6.20 Å². The lowest BCUT2D eigenvalue weighted by Gasteiger charge is -2.38. The van der Waals surface area contributed by atoms with E-state index in [9.17, 15) is 14.4 Å². The molecule has 1 unspecified atom stereocenters. The molecule has 0 saturated heterocycles. The molecular weight excluding hydrogens is 480 g/mol. The summed E-state index contributed by atoms with van der Waals surface area (Å²) in [5, 5.41) is 0.282. The van der Waals surface area contributed by atoms with E-state index in [1.165, 1.54) is 12.3 Å². The molecule has 2 aromatic rings. The van der Waals surface area contributed by atoms with Crippen LogP contribution in [0.25, 0.3) is 11.0 Å². The molecule has 0 aromatic carbocycles. The van der Waals surface area contributed by atoms with E-state index in [1.54, 1.807) is 11.5 Å². The molecule has 0 aliphatic rings. The highest BCUT2D eigenvalue weighted by Gasteiger charge is 2.38. The smallest absolute Gasteiger partial charge is 0.343 e. The summed E-state index contributed by atoms with van der Waals surface area (Å²) in [5.41, 5.74) is -0.526. The van der Waals surface area contributed by atoms with E-state index in [0.29, 0.717) is 12.3 Å². The maximum absolute atomic E-state index is 13.0. The third-order valence-corrected chi connectivity index (χ3v) is 11.1. The number of H-pyrrole nitrogens is 1. The van der Waals surface area contributed by atoms with E-state index in [1.807, 2.05) is 13.8 Å². The molecule has 0 radical (unpaired) electrons. The Kier molecular flexibility index (Phi) is 7.76. The Hall–Kier alpha value is -1.71. The zero-order chi connectivity index (χ0) is 23.7. The number of hydrogen-bond acceptors (Lipinski definition) is 5. The number of carbonyl (C=O) groups is 1. The number of hydrogen-bond donors (Lipinski definition) is 1. The molecule has 2 aromatic heterocycles. The fourth-order valence-electron chi connectivity index (χ4n) is 3.00. The quantitative estimate of drug-likeness (QED) is 0.422. The van der Waals surface area contributed by atoms with Gasteiger partial charge in [-0.2, -0.15) is 0 Å². The minimum absolute atomic E-state index is 0.0371. The Morgan fingerprint density at radius 1 is 1.26 bits per heavy atom. The zero-order valence-electron chi connectivity index (χ0n) is 19.6. The minimum Gasteiger partial charge on any atom is -0.462 e. The number of aromatic amines is 1. The number of rotatable bonds is 7. The van der Waals surface area contributed by atoms with Gasteiger partial charge in [-0.15, -0.1) is 0 Å². The molecule has 31 heavy (non-hydrogen) atoms. The van der Waals surface area contributed by atoms with E-state index in [2.05, 4.69) is 54.8 Å². The van der Waals surface area contributed by atoms with Crippen molar-refractivity contribution in [3.8, 4) is 0 Å². The first-order valence-corrected chi connectivity index (χ1v) is 14.2. The van der Waals surface area contributed by atoms with Crippen molar-refractivity contribution in [1.29, 1.82) is 0 Å². The summed E-state index contributed by atoms with van der Waals surface area (Å²) in [6.07, 6.45) is 1.49. The number of halogens is 1. The van der Waals surface area contributed by atoms with Crippen molar-refractivity contribution in [3.05, 3.63) is 42.9 Å². The van der Waals surface area contributed by atoms with Crippen LogP contribution in [0.3, 0.4) is 0 Å². The highest BCUT2D eigenvalue weighted by atomic mass is 79.9. The normalized spacial score (nSPS) is 13.6. The number of ether oxygens (including phenoxy) is 1. The van der Waals surface area contributed by atoms with Crippen LogP contribution >= 0.6 is 15.9 Å². The van der Waals surface area contributed by atoms with Crippen LogP contribution in [0.4, 0.5) is 0 Å².